The van der Waals surface area contributed by atoms with Gasteiger partial charge in [-0.05, 0) is 65.1 Å². The first-order valence-corrected chi connectivity index (χ1v) is 10.0. The lowest BCUT2D eigenvalue weighted by Crippen LogP contribution is -2.39. The van der Waals surface area contributed by atoms with Crippen LogP contribution in [-0.2, 0) is 7.05 Å². The van der Waals surface area contributed by atoms with E-state index >= 15 is 0 Å². The molecule has 0 bridgehead atoms. The van der Waals surface area contributed by atoms with Crippen molar-refractivity contribution in [1.29, 1.82) is 0 Å². The molecular formula is C19H23IN6. The Hall–Kier alpha value is -1.90. The third-order valence-corrected chi connectivity index (χ3v) is 5.56. The van der Waals surface area contributed by atoms with Crippen molar-refractivity contribution in [3.05, 3.63) is 34.0 Å². The summed E-state index contributed by atoms with van der Waals surface area (Å²) in [5.74, 6) is 2.90. The second-order valence-electron chi connectivity index (χ2n) is 7.36. The molecule has 3 aromatic rings. The molecule has 136 valence electrons. The molecule has 1 saturated heterocycles. The van der Waals surface area contributed by atoms with E-state index in [-0.39, 0.29) is 0 Å². The molecule has 7 heteroatoms. The zero-order chi connectivity index (χ0) is 18.3. The molecule has 2 unspecified atom stereocenters. The second-order valence-corrected chi connectivity index (χ2v) is 8.61. The number of nitrogens with one attached hydrogen (secondary N) is 1. The van der Waals surface area contributed by atoms with Gasteiger partial charge in [0.2, 0.25) is 5.95 Å². The minimum absolute atomic E-state index is 0.650. The lowest BCUT2D eigenvalue weighted by molar-refractivity contribution is 0.354. The number of aryl methyl sites for hydroxylation is 1. The number of hydrogen-bond acceptors (Lipinski definition) is 5. The summed E-state index contributed by atoms with van der Waals surface area (Å²) in [5.41, 5.74) is 1.87. The van der Waals surface area contributed by atoms with Crippen molar-refractivity contribution in [2.45, 2.75) is 20.3 Å². The molecule has 26 heavy (non-hydrogen) atoms. The number of piperidine rings is 1. The van der Waals surface area contributed by atoms with E-state index in [4.69, 9.17) is 9.97 Å². The number of anilines is 3. The first-order chi connectivity index (χ1) is 12.5. The van der Waals surface area contributed by atoms with Gasteiger partial charge in [0.15, 0.2) is 5.65 Å². The molecule has 0 radical (unpaired) electrons. The Labute approximate surface area is 167 Å². The Morgan fingerprint density at radius 1 is 1.08 bits per heavy atom. The highest BCUT2D eigenvalue weighted by Gasteiger charge is 2.25. The van der Waals surface area contributed by atoms with Crippen molar-refractivity contribution in [3.63, 3.8) is 0 Å². The maximum absolute atomic E-state index is 4.87. The fraction of sp³-hybridized carbons (Fsp3) is 0.421. The van der Waals surface area contributed by atoms with E-state index in [9.17, 15) is 0 Å². The molecule has 1 aliphatic heterocycles. The molecule has 0 saturated carbocycles. The number of halogens is 1. The molecule has 6 nitrogen and oxygen atoms in total. The third-order valence-electron chi connectivity index (χ3n) is 4.84. The van der Waals surface area contributed by atoms with Crippen LogP contribution in [0.25, 0.3) is 11.0 Å². The van der Waals surface area contributed by atoms with Gasteiger partial charge in [-0.25, -0.2) is 0 Å². The number of hydrogen-bond donors (Lipinski definition) is 1. The molecule has 1 aromatic carbocycles. The van der Waals surface area contributed by atoms with Crippen molar-refractivity contribution in [3.8, 4) is 0 Å². The van der Waals surface area contributed by atoms with Crippen LogP contribution < -0.4 is 10.2 Å². The first kappa shape index (κ1) is 17.5. The van der Waals surface area contributed by atoms with Crippen molar-refractivity contribution in [2.75, 3.05) is 23.3 Å². The van der Waals surface area contributed by atoms with Crippen LogP contribution in [0.3, 0.4) is 0 Å². The van der Waals surface area contributed by atoms with Crippen molar-refractivity contribution in [2.24, 2.45) is 18.9 Å². The predicted octanol–water partition coefficient (Wildman–Crippen LogP) is 4.19. The standard InChI is InChI=1S/C19H23IN6/c1-12-8-13(2)11-26(10-12)19-23-17(16-9-21-25(3)18(16)24-19)22-15-6-4-14(20)5-7-15/h4-7,9,12-13H,8,10-11H2,1-3H3,(H,22,23,24). The number of aromatic nitrogens is 4. The molecule has 2 atom stereocenters. The Morgan fingerprint density at radius 3 is 2.46 bits per heavy atom. The SMILES string of the molecule is CC1CC(C)CN(c2nc(Nc3ccc(I)cc3)c3cnn(C)c3n2)C1. The summed E-state index contributed by atoms with van der Waals surface area (Å²) >= 11 is 2.31. The van der Waals surface area contributed by atoms with Gasteiger partial charge in [-0.1, -0.05) is 13.8 Å². The molecule has 0 aliphatic carbocycles. The minimum Gasteiger partial charge on any atom is -0.340 e. The molecule has 4 rings (SSSR count). The summed E-state index contributed by atoms with van der Waals surface area (Å²) in [7, 11) is 1.93. The fourth-order valence-corrected chi connectivity index (χ4v) is 4.10. The molecule has 2 aromatic heterocycles. The average molecular weight is 462 g/mol. The van der Waals surface area contributed by atoms with E-state index in [0.717, 1.165) is 41.6 Å². The van der Waals surface area contributed by atoms with Gasteiger partial charge in [-0.3, -0.25) is 4.68 Å². The van der Waals surface area contributed by atoms with Gasteiger partial charge in [0.25, 0.3) is 0 Å². The summed E-state index contributed by atoms with van der Waals surface area (Å²) in [6.45, 7) is 6.60. The van der Waals surface area contributed by atoms with Gasteiger partial charge in [-0.2, -0.15) is 15.1 Å². The van der Waals surface area contributed by atoms with Crippen molar-refractivity contribution in [1.82, 2.24) is 19.7 Å². The topological polar surface area (TPSA) is 58.9 Å². The van der Waals surface area contributed by atoms with E-state index in [0.29, 0.717) is 11.8 Å². The van der Waals surface area contributed by atoms with Crippen LogP contribution in [0.1, 0.15) is 20.3 Å². The number of benzene rings is 1. The van der Waals surface area contributed by atoms with Gasteiger partial charge in [0.05, 0.1) is 11.6 Å². The molecule has 0 spiro atoms. The largest absolute Gasteiger partial charge is 0.340 e. The van der Waals surface area contributed by atoms with E-state index < -0.39 is 0 Å². The Morgan fingerprint density at radius 2 is 1.77 bits per heavy atom. The summed E-state index contributed by atoms with van der Waals surface area (Å²) in [5, 5.41) is 8.78. The summed E-state index contributed by atoms with van der Waals surface area (Å²) in [4.78, 5) is 12.0. The summed E-state index contributed by atoms with van der Waals surface area (Å²) in [6.07, 6.45) is 3.09. The van der Waals surface area contributed by atoms with Crippen molar-refractivity contribution < 1.29 is 0 Å². The smallest absolute Gasteiger partial charge is 0.229 e. The van der Waals surface area contributed by atoms with E-state index in [1.165, 1.54) is 9.99 Å². The predicted molar refractivity (Wildman–Crippen MR) is 114 cm³/mol. The Balaban J connectivity index is 1.75. The highest BCUT2D eigenvalue weighted by atomic mass is 127. The first-order valence-electron chi connectivity index (χ1n) is 8.97. The number of nitrogens with zero attached hydrogens (tertiary/aromatic N) is 5. The van der Waals surface area contributed by atoms with Crippen molar-refractivity contribution >= 4 is 51.1 Å². The average Bonchev–Trinajstić information content (AvgIpc) is 2.97. The van der Waals surface area contributed by atoms with Gasteiger partial charge < -0.3 is 10.2 Å². The highest BCUT2D eigenvalue weighted by Crippen LogP contribution is 2.29. The molecule has 1 fully saturated rings. The molecule has 3 heterocycles. The lowest BCUT2D eigenvalue weighted by Gasteiger charge is -2.35. The van der Waals surface area contributed by atoms with Gasteiger partial charge in [-0.15, -0.1) is 0 Å². The summed E-state index contributed by atoms with van der Waals surface area (Å²) < 4.78 is 3.02. The van der Waals surface area contributed by atoms with Crippen LogP contribution in [0.2, 0.25) is 0 Å². The van der Waals surface area contributed by atoms with E-state index in [2.05, 4.69) is 76.0 Å². The van der Waals surface area contributed by atoms with Crippen LogP contribution in [-0.4, -0.2) is 32.8 Å². The van der Waals surface area contributed by atoms with Crippen LogP contribution in [0.5, 0.6) is 0 Å². The molecule has 1 aliphatic rings. The van der Waals surface area contributed by atoms with Gasteiger partial charge in [0.1, 0.15) is 5.82 Å². The Kier molecular flexibility index (Phi) is 4.73. The third kappa shape index (κ3) is 3.49. The highest BCUT2D eigenvalue weighted by molar-refractivity contribution is 14.1. The van der Waals surface area contributed by atoms with Gasteiger partial charge >= 0.3 is 0 Å². The quantitative estimate of drug-likeness (QED) is 0.592. The maximum Gasteiger partial charge on any atom is 0.229 e. The number of fused-ring (bicyclic) bond motifs is 1. The normalized spacial score (nSPS) is 20.5. The minimum atomic E-state index is 0.650. The molecule has 0 amide bonds. The number of rotatable bonds is 3. The molecular weight excluding hydrogens is 439 g/mol. The van der Waals surface area contributed by atoms with Crippen LogP contribution >= 0.6 is 22.6 Å². The molecule has 1 N–H and O–H groups in total. The maximum atomic E-state index is 4.87. The Bertz CT molecular complexity index is 910. The van der Waals surface area contributed by atoms with E-state index in [1.807, 2.05) is 17.9 Å². The second kappa shape index (κ2) is 7.02. The van der Waals surface area contributed by atoms with E-state index in [1.54, 1.807) is 0 Å². The van der Waals surface area contributed by atoms with Gasteiger partial charge in [0, 0.05) is 29.4 Å². The van der Waals surface area contributed by atoms with Crippen LogP contribution in [0.15, 0.2) is 30.5 Å². The van der Waals surface area contributed by atoms with Crippen LogP contribution in [0.4, 0.5) is 17.5 Å². The monoisotopic (exact) mass is 462 g/mol. The zero-order valence-electron chi connectivity index (χ0n) is 15.3. The fourth-order valence-electron chi connectivity index (χ4n) is 3.74. The summed E-state index contributed by atoms with van der Waals surface area (Å²) in [6, 6.07) is 8.30. The lowest BCUT2D eigenvalue weighted by atomic mass is 9.92. The van der Waals surface area contributed by atoms with Crippen LogP contribution in [0, 0.1) is 15.4 Å². The zero-order valence-corrected chi connectivity index (χ0v) is 17.4.